The highest BCUT2D eigenvalue weighted by molar-refractivity contribution is 4.58. The van der Waals surface area contributed by atoms with Gasteiger partial charge in [-0.1, -0.05) is 0 Å². The minimum Gasteiger partial charge on any atom is -0.385 e. The van der Waals surface area contributed by atoms with E-state index < -0.39 is 0 Å². The molecule has 4 heteroatoms. The molecular weight excluding hydrogens is 180 g/mol. The van der Waals surface area contributed by atoms with Crippen molar-refractivity contribution in [2.75, 3.05) is 53.6 Å². The lowest BCUT2D eigenvalue weighted by atomic mass is 10.3. The Morgan fingerprint density at radius 3 is 1.79 bits per heavy atom. The highest BCUT2D eigenvalue weighted by Gasteiger charge is 2.02. The predicted molar refractivity (Wildman–Crippen MR) is 58.5 cm³/mol. The van der Waals surface area contributed by atoms with Crippen LogP contribution in [0.25, 0.3) is 0 Å². The lowest BCUT2D eigenvalue weighted by Crippen LogP contribution is -2.32. The van der Waals surface area contributed by atoms with Gasteiger partial charge in [-0.25, -0.2) is 0 Å². The maximum Gasteiger partial charge on any atom is 0.0474 e. The lowest BCUT2D eigenvalue weighted by molar-refractivity contribution is 0.155. The number of methoxy groups -OCH3 is 2. The van der Waals surface area contributed by atoms with E-state index in [1.54, 1.807) is 14.2 Å². The zero-order valence-corrected chi connectivity index (χ0v) is 9.50. The molecule has 0 unspecified atom stereocenters. The first-order valence-corrected chi connectivity index (χ1v) is 5.25. The Morgan fingerprint density at radius 1 is 0.929 bits per heavy atom. The van der Waals surface area contributed by atoms with Crippen LogP contribution in [0.5, 0.6) is 0 Å². The Hall–Kier alpha value is -0.160. The van der Waals surface area contributed by atoms with Crippen molar-refractivity contribution in [2.45, 2.75) is 12.8 Å². The fraction of sp³-hybridized carbons (Fsp3) is 1.00. The first-order valence-electron chi connectivity index (χ1n) is 5.25. The topological polar surface area (TPSA) is 47.7 Å². The molecule has 0 rings (SSSR count). The van der Waals surface area contributed by atoms with Crippen molar-refractivity contribution < 1.29 is 9.47 Å². The Morgan fingerprint density at radius 2 is 1.43 bits per heavy atom. The average molecular weight is 204 g/mol. The standard InChI is InChI=1S/C10H24N2O2/c1-13-9-3-6-12(8-5-11)7-4-10-14-2/h3-11H2,1-2H3. The van der Waals surface area contributed by atoms with Gasteiger partial charge in [0.05, 0.1) is 0 Å². The summed E-state index contributed by atoms with van der Waals surface area (Å²) in [5.74, 6) is 0. The van der Waals surface area contributed by atoms with Crippen molar-refractivity contribution in [3.05, 3.63) is 0 Å². The minimum absolute atomic E-state index is 0.722. The highest BCUT2D eigenvalue weighted by Crippen LogP contribution is 1.94. The van der Waals surface area contributed by atoms with E-state index in [-0.39, 0.29) is 0 Å². The van der Waals surface area contributed by atoms with Gasteiger partial charge in [0, 0.05) is 53.6 Å². The Labute approximate surface area is 87.4 Å². The summed E-state index contributed by atoms with van der Waals surface area (Å²) >= 11 is 0. The summed E-state index contributed by atoms with van der Waals surface area (Å²) in [6.45, 7) is 5.47. The van der Waals surface area contributed by atoms with E-state index in [0.29, 0.717) is 0 Å². The minimum atomic E-state index is 0.722. The molecule has 0 bridgehead atoms. The maximum atomic E-state index is 5.53. The van der Waals surface area contributed by atoms with Crippen LogP contribution in [-0.4, -0.2) is 58.5 Å². The van der Waals surface area contributed by atoms with Gasteiger partial charge in [0.15, 0.2) is 0 Å². The van der Waals surface area contributed by atoms with Gasteiger partial charge >= 0.3 is 0 Å². The van der Waals surface area contributed by atoms with Crippen LogP contribution in [0.15, 0.2) is 0 Å². The number of hydrogen-bond donors (Lipinski definition) is 1. The van der Waals surface area contributed by atoms with Crippen LogP contribution in [0.1, 0.15) is 12.8 Å². The van der Waals surface area contributed by atoms with Gasteiger partial charge in [0.1, 0.15) is 0 Å². The van der Waals surface area contributed by atoms with Crippen molar-refractivity contribution in [3.63, 3.8) is 0 Å². The van der Waals surface area contributed by atoms with Crippen LogP contribution in [0.2, 0.25) is 0 Å². The third-order valence-corrected chi connectivity index (χ3v) is 2.09. The molecule has 0 saturated carbocycles. The third-order valence-electron chi connectivity index (χ3n) is 2.09. The summed E-state index contributed by atoms with van der Waals surface area (Å²) in [7, 11) is 3.47. The second-order valence-electron chi connectivity index (χ2n) is 3.32. The molecule has 0 spiro atoms. The molecule has 0 radical (unpaired) electrons. The van der Waals surface area contributed by atoms with Gasteiger partial charge in [0.25, 0.3) is 0 Å². The predicted octanol–water partition coefficient (Wildman–Crippen LogP) is 0.320. The van der Waals surface area contributed by atoms with Crippen LogP contribution in [0.3, 0.4) is 0 Å². The molecule has 0 fully saturated rings. The molecule has 0 aliphatic rings. The van der Waals surface area contributed by atoms with Crippen molar-refractivity contribution in [1.82, 2.24) is 4.90 Å². The largest absolute Gasteiger partial charge is 0.385 e. The molecular formula is C10H24N2O2. The van der Waals surface area contributed by atoms with Crippen LogP contribution in [-0.2, 0) is 9.47 Å². The molecule has 0 amide bonds. The monoisotopic (exact) mass is 204 g/mol. The normalized spacial score (nSPS) is 11.1. The van der Waals surface area contributed by atoms with Crippen molar-refractivity contribution in [1.29, 1.82) is 0 Å². The quantitative estimate of drug-likeness (QED) is 0.521. The fourth-order valence-electron chi connectivity index (χ4n) is 1.38. The number of rotatable bonds is 10. The van der Waals surface area contributed by atoms with Crippen LogP contribution < -0.4 is 5.73 Å². The maximum absolute atomic E-state index is 5.53. The summed E-state index contributed by atoms with van der Waals surface area (Å²) in [6, 6.07) is 0. The zero-order valence-electron chi connectivity index (χ0n) is 9.50. The van der Waals surface area contributed by atoms with Crippen LogP contribution >= 0.6 is 0 Å². The summed E-state index contributed by atoms with van der Waals surface area (Å²) in [5.41, 5.74) is 5.53. The molecule has 4 nitrogen and oxygen atoms in total. The molecule has 0 atom stereocenters. The highest BCUT2D eigenvalue weighted by atomic mass is 16.5. The molecule has 0 aliphatic heterocycles. The van der Waals surface area contributed by atoms with Gasteiger partial charge in [-0.2, -0.15) is 0 Å². The molecule has 2 N–H and O–H groups in total. The third kappa shape index (κ3) is 8.44. The molecule has 0 aliphatic carbocycles. The van der Waals surface area contributed by atoms with Gasteiger partial charge in [0.2, 0.25) is 0 Å². The van der Waals surface area contributed by atoms with Gasteiger partial charge in [-0.05, 0) is 12.8 Å². The molecule has 0 aromatic rings. The van der Waals surface area contributed by atoms with Crippen molar-refractivity contribution in [2.24, 2.45) is 5.73 Å². The second kappa shape index (κ2) is 10.9. The SMILES string of the molecule is COCCCN(CCN)CCCOC. The van der Waals surface area contributed by atoms with Crippen LogP contribution in [0, 0.1) is 0 Å². The Bertz CT molecular complexity index is 102. The number of nitrogens with two attached hydrogens (primary N) is 1. The molecule has 0 heterocycles. The van der Waals surface area contributed by atoms with E-state index in [0.717, 1.165) is 52.2 Å². The van der Waals surface area contributed by atoms with Crippen molar-refractivity contribution in [3.8, 4) is 0 Å². The van der Waals surface area contributed by atoms with Crippen molar-refractivity contribution >= 4 is 0 Å². The zero-order chi connectivity index (χ0) is 10.6. The second-order valence-corrected chi connectivity index (χ2v) is 3.32. The lowest BCUT2D eigenvalue weighted by Gasteiger charge is -2.20. The average Bonchev–Trinajstić information content (AvgIpc) is 2.18. The molecule has 0 saturated heterocycles. The smallest absolute Gasteiger partial charge is 0.0474 e. The summed E-state index contributed by atoms with van der Waals surface area (Å²) in [6.07, 6.45) is 2.15. The van der Waals surface area contributed by atoms with Gasteiger partial charge < -0.3 is 20.1 Å². The fourth-order valence-corrected chi connectivity index (χ4v) is 1.38. The molecule has 0 aromatic carbocycles. The summed E-state index contributed by atoms with van der Waals surface area (Å²) in [5, 5.41) is 0. The van der Waals surface area contributed by atoms with E-state index in [2.05, 4.69) is 4.90 Å². The first-order chi connectivity index (χ1) is 6.85. The van der Waals surface area contributed by atoms with Gasteiger partial charge in [-0.3, -0.25) is 0 Å². The van der Waals surface area contributed by atoms with Gasteiger partial charge in [-0.15, -0.1) is 0 Å². The number of hydrogen-bond acceptors (Lipinski definition) is 4. The van der Waals surface area contributed by atoms with E-state index in [9.17, 15) is 0 Å². The first kappa shape index (κ1) is 13.8. The Kier molecular flexibility index (Phi) is 10.8. The van der Waals surface area contributed by atoms with E-state index in [4.69, 9.17) is 15.2 Å². The molecule has 0 aromatic heterocycles. The molecule has 14 heavy (non-hydrogen) atoms. The number of ether oxygens (including phenoxy) is 2. The number of nitrogens with zero attached hydrogens (tertiary/aromatic N) is 1. The summed E-state index contributed by atoms with van der Waals surface area (Å²) in [4.78, 5) is 2.36. The van der Waals surface area contributed by atoms with Crippen LogP contribution in [0.4, 0.5) is 0 Å². The Balaban J connectivity index is 3.44. The summed E-state index contributed by atoms with van der Waals surface area (Å²) < 4.78 is 10.0. The van der Waals surface area contributed by atoms with E-state index in [1.807, 2.05) is 0 Å². The molecule has 86 valence electrons. The van der Waals surface area contributed by atoms with E-state index in [1.165, 1.54) is 0 Å². The van der Waals surface area contributed by atoms with E-state index >= 15 is 0 Å².